The Morgan fingerprint density at radius 1 is 0.926 bits per heavy atom. The number of carbonyl (C=O) groups excluding carboxylic acids is 1. The minimum atomic E-state index is -1.01. The van der Waals surface area contributed by atoms with Crippen LogP contribution in [0, 0.1) is 0 Å². The van der Waals surface area contributed by atoms with E-state index >= 15 is 0 Å². The summed E-state index contributed by atoms with van der Waals surface area (Å²) in [5.74, 6) is -0.873. The van der Waals surface area contributed by atoms with Gasteiger partial charge < -0.3 is 10.0 Å². The van der Waals surface area contributed by atoms with Crippen molar-refractivity contribution in [2.75, 3.05) is 0 Å². The fourth-order valence-corrected chi connectivity index (χ4v) is 3.30. The fraction of sp³-hybridized carbons (Fsp3) is 0.143. The summed E-state index contributed by atoms with van der Waals surface area (Å²) in [6.45, 7) is 0.256. The van der Waals surface area contributed by atoms with Gasteiger partial charge in [-0.25, -0.2) is 14.8 Å². The average molecular weight is 359 g/mol. The Morgan fingerprint density at radius 2 is 1.56 bits per heavy atom. The molecule has 27 heavy (non-hydrogen) atoms. The molecule has 4 rings (SSSR count). The molecule has 6 nitrogen and oxygen atoms in total. The van der Waals surface area contributed by atoms with Crippen molar-refractivity contribution in [1.29, 1.82) is 0 Å². The van der Waals surface area contributed by atoms with Gasteiger partial charge in [0.2, 0.25) is 0 Å². The number of carboxylic acid groups (broad SMARTS) is 1. The van der Waals surface area contributed by atoms with Gasteiger partial charge in [0.1, 0.15) is 6.04 Å². The van der Waals surface area contributed by atoms with Crippen molar-refractivity contribution in [2.24, 2.45) is 0 Å². The van der Waals surface area contributed by atoms with Crippen LogP contribution in [0.3, 0.4) is 0 Å². The van der Waals surface area contributed by atoms with Gasteiger partial charge >= 0.3 is 5.97 Å². The predicted molar refractivity (Wildman–Crippen MR) is 98.9 cm³/mol. The number of fused-ring (bicyclic) bond motifs is 1. The van der Waals surface area contributed by atoms with Gasteiger partial charge in [-0.3, -0.25) is 4.79 Å². The highest BCUT2D eigenvalue weighted by atomic mass is 16.4. The highest BCUT2D eigenvalue weighted by Crippen LogP contribution is 2.25. The van der Waals surface area contributed by atoms with Crippen molar-refractivity contribution >= 4 is 11.9 Å². The lowest BCUT2D eigenvalue weighted by molar-refractivity contribution is -0.142. The summed E-state index contributed by atoms with van der Waals surface area (Å²) >= 11 is 0. The molecular weight excluding hydrogens is 342 g/mol. The number of carboxylic acids is 1. The van der Waals surface area contributed by atoms with Crippen LogP contribution in [-0.4, -0.2) is 37.9 Å². The maximum atomic E-state index is 13.0. The highest BCUT2D eigenvalue weighted by Gasteiger charge is 2.35. The van der Waals surface area contributed by atoms with Gasteiger partial charge in [-0.2, -0.15) is 0 Å². The Kier molecular flexibility index (Phi) is 4.38. The Hall–Kier alpha value is -3.54. The second-order valence-corrected chi connectivity index (χ2v) is 6.42. The smallest absolute Gasteiger partial charge is 0.326 e. The molecule has 0 radical (unpaired) electrons. The molecule has 2 aromatic carbocycles. The van der Waals surface area contributed by atoms with Crippen LogP contribution in [0.4, 0.5) is 0 Å². The third-order valence-electron chi connectivity index (χ3n) is 4.73. The quantitative estimate of drug-likeness (QED) is 0.777. The van der Waals surface area contributed by atoms with E-state index in [1.165, 1.54) is 17.3 Å². The van der Waals surface area contributed by atoms with E-state index in [2.05, 4.69) is 9.97 Å². The summed E-state index contributed by atoms with van der Waals surface area (Å²) in [7, 11) is 0. The molecule has 1 aromatic heterocycles. The van der Waals surface area contributed by atoms with E-state index in [-0.39, 0.29) is 18.0 Å². The maximum absolute atomic E-state index is 13.0. The normalized spacial score (nSPS) is 15.9. The van der Waals surface area contributed by atoms with Gasteiger partial charge in [-0.05, 0) is 11.1 Å². The first kappa shape index (κ1) is 16.9. The van der Waals surface area contributed by atoms with Crippen LogP contribution in [0.25, 0.3) is 11.4 Å². The molecule has 134 valence electrons. The van der Waals surface area contributed by atoms with Gasteiger partial charge in [0, 0.05) is 30.9 Å². The number of benzene rings is 2. The lowest BCUT2D eigenvalue weighted by atomic mass is 9.93. The molecule has 0 spiro atoms. The number of rotatable bonds is 3. The maximum Gasteiger partial charge on any atom is 0.326 e. The number of aromatic nitrogens is 2. The summed E-state index contributed by atoms with van der Waals surface area (Å²) in [6.07, 6.45) is 3.20. The summed E-state index contributed by atoms with van der Waals surface area (Å²) in [5, 5.41) is 9.60. The number of nitrogens with zero attached hydrogens (tertiary/aromatic N) is 3. The molecule has 1 amide bonds. The minimum absolute atomic E-state index is 0.256. The molecule has 0 unspecified atom stereocenters. The molecule has 2 heterocycles. The average Bonchev–Trinajstić information content (AvgIpc) is 2.73. The van der Waals surface area contributed by atoms with Crippen LogP contribution in [-0.2, 0) is 17.8 Å². The zero-order chi connectivity index (χ0) is 18.8. The molecule has 1 aliphatic heterocycles. The molecule has 0 saturated heterocycles. The molecule has 0 bridgehead atoms. The van der Waals surface area contributed by atoms with Crippen molar-refractivity contribution in [3.63, 3.8) is 0 Å². The first-order valence-corrected chi connectivity index (χ1v) is 8.61. The van der Waals surface area contributed by atoms with Crippen molar-refractivity contribution < 1.29 is 14.7 Å². The predicted octanol–water partition coefficient (Wildman–Crippen LogP) is 2.80. The number of aliphatic carboxylic acids is 1. The third kappa shape index (κ3) is 3.29. The minimum Gasteiger partial charge on any atom is -0.480 e. The van der Waals surface area contributed by atoms with E-state index in [4.69, 9.17) is 0 Å². The standard InChI is InChI=1S/C21H17N3O3/c25-20(17-11-22-19(23-12-17)14-6-2-1-3-7-14)24-13-16-9-5-4-8-15(16)10-18(24)21(26)27/h1-9,11-12,18H,10,13H2,(H,26,27)/t18-/m1/s1. The monoisotopic (exact) mass is 359 g/mol. The lowest BCUT2D eigenvalue weighted by Gasteiger charge is -2.34. The van der Waals surface area contributed by atoms with E-state index in [9.17, 15) is 14.7 Å². The summed E-state index contributed by atoms with van der Waals surface area (Å²) < 4.78 is 0. The molecule has 0 aliphatic carbocycles. The van der Waals surface area contributed by atoms with E-state index in [1.807, 2.05) is 54.6 Å². The SMILES string of the molecule is O=C(O)[C@H]1Cc2ccccc2CN1C(=O)c1cnc(-c2ccccc2)nc1. The molecule has 0 fully saturated rings. The highest BCUT2D eigenvalue weighted by molar-refractivity contribution is 5.96. The number of hydrogen-bond donors (Lipinski definition) is 1. The Labute approximate surface area is 156 Å². The second kappa shape index (κ2) is 6.99. The van der Waals surface area contributed by atoms with E-state index in [1.54, 1.807) is 0 Å². The summed E-state index contributed by atoms with van der Waals surface area (Å²) in [5.41, 5.74) is 3.06. The van der Waals surface area contributed by atoms with Gasteiger partial charge in [0.05, 0.1) is 5.56 Å². The molecule has 1 aliphatic rings. The van der Waals surface area contributed by atoms with Crippen LogP contribution >= 0.6 is 0 Å². The van der Waals surface area contributed by atoms with Gasteiger partial charge in [-0.1, -0.05) is 54.6 Å². The lowest BCUT2D eigenvalue weighted by Crippen LogP contribution is -2.48. The molecule has 6 heteroatoms. The zero-order valence-electron chi connectivity index (χ0n) is 14.4. The first-order valence-electron chi connectivity index (χ1n) is 8.61. The number of amides is 1. The van der Waals surface area contributed by atoms with Gasteiger partial charge in [0.15, 0.2) is 5.82 Å². The zero-order valence-corrected chi connectivity index (χ0v) is 14.4. The van der Waals surface area contributed by atoms with Crippen LogP contribution in [0.15, 0.2) is 67.0 Å². The fourth-order valence-electron chi connectivity index (χ4n) is 3.30. The number of carbonyl (C=O) groups is 2. The Morgan fingerprint density at radius 3 is 2.22 bits per heavy atom. The largest absolute Gasteiger partial charge is 0.480 e. The van der Waals surface area contributed by atoms with Crippen LogP contribution in [0.2, 0.25) is 0 Å². The van der Waals surface area contributed by atoms with Gasteiger partial charge in [-0.15, -0.1) is 0 Å². The molecule has 1 N–H and O–H groups in total. The van der Waals surface area contributed by atoms with Crippen LogP contribution in [0.1, 0.15) is 21.5 Å². The van der Waals surface area contributed by atoms with Crippen molar-refractivity contribution in [1.82, 2.24) is 14.9 Å². The third-order valence-corrected chi connectivity index (χ3v) is 4.73. The molecule has 0 saturated carbocycles. The summed E-state index contributed by atoms with van der Waals surface area (Å²) in [6, 6.07) is 16.2. The van der Waals surface area contributed by atoms with Crippen molar-refractivity contribution in [3.8, 4) is 11.4 Å². The van der Waals surface area contributed by atoms with E-state index in [0.29, 0.717) is 12.2 Å². The number of hydrogen-bond acceptors (Lipinski definition) is 4. The van der Waals surface area contributed by atoms with E-state index in [0.717, 1.165) is 16.7 Å². The summed E-state index contributed by atoms with van der Waals surface area (Å²) in [4.78, 5) is 34.6. The Bertz CT molecular complexity index is 987. The van der Waals surface area contributed by atoms with Crippen molar-refractivity contribution in [3.05, 3.63) is 83.7 Å². The van der Waals surface area contributed by atoms with E-state index < -0.39 is 12.0 Å². The van der Waals surface area contributed by atoms with Crippen LogP contribution < -0.4 is 0 Å². The molecule has 1 atom stereocenters. The second-order valence-electron chi connectivity index (χ2n) is 6.42. The van der Waals surface area contributed by atoms with Gasteiger partial charge in [0.25, 0.3) is 5.91 Å². The molecule has 3 aromatic rings. The van der Waals surface area contributed by atoms with Crippen molar-refractivity contribution in [2.45, 2.75) is 19.0 Å². The Balaban J connectivity index is 1.62. The van der Waals surface area contributed by atoms with Crippen LogP contribution in [0.5, 0.6) is 0 Å². The topological polar surface area (TPSA) is 83.4 Å². The molecular formula is C21H17N3O3. The first-order chi connectivity index (χ1) is 13.1.